The minimum Gasteiger partial charge on any atom is -0.478 e. The highest BCUT2D eigenvalue weighted by Gasteiger charge is 2.30. The molecule has 3 aromatic carbocycles. The Hall–Kier alpha value is -4.13. The number of rotatable bonds is 7. The van der Waals surface area contributed by atoms with E-state index in [1.54, 1.807) is 26.0 Å². The Labute approximate surface area is 197 Å². The van der Waals surface area contributed by atoms with Crippen LogP contribution < -0.4 is 10.6 Å². The SMILES string of the molecule is CC(C)[C@@H](NC(=O)OCC1c2ccccc2-c2ccccc21)C(=O)Nc1ccccc1C(=O)O. The summed E-state index contributed by atoms with van der Waals surface area (Å²) in [6.07, 6.45) is -0.706. The van der Waals surface area contributed by atoms with Gasteiger partial charge >= 0.3 is 12.1 Å². The van der Waals surface area contributed by atoms with Crippen molar-refractivity contribution < 1.29 is 24.2 Å². The highest BCUT2D eigenvalue weighted by Crippen LogP contribution is 2.44. The lowest BCUT2D eigenvalue weighted by atomic mass is 9.98. The Morgan fingerprint density at radius 1 is 0.882 bits per heavy atom. The van der Waals surface area contributed by atoms with Crippen molar-refractivity contribution >= 4 is 23.7 Å². The van der Waals surface area contributed by atoms with Crippen molar-refractivity contribution in [3.05, 3.63) is 89.5 Å². The van der Waals surface area contributed by atoms with E-state index in [-0.39, 0.29) is 29.7 Å². The summed E-state index contributed by atoms with van der Waals surface area (Å²) in [7, 11) is 0. The van der Waals surface area contributed by atoms with E-state index >= 15 is 0 Å². The quantitative estimate of drug-likeness (QED) is 0.468. The third-order valence-corrected chi connectivity index (χ3v) is 5.98. The standard InChI is InChI=1S/C27H26N2O5/c1-16(2)24(25(30)28-23-14-8-7-13-21(23)26(31)32)29-27(33)34-15-22-19-11-5-3-9-17(19)18-10-4-6-12-20(18)22/h3-14,16,22,24H,15H2,1-2H3,(H,28,30)(H,29,33)(H,31,32)/t24-/m1/s1. The molecule has 2 amide bonds. The molecule has 3 aromatic rings. The lowest BCUT2D eigenvalue weighted by Crippen LogP contribution is -2.47. The first-order valence-corrected chi connectivity index (χ1v) is 11.1. The molecule has 0 spiro atoms. The number of fused-ring (bicyclic) bond motifs is 3. The van der Waals surface area contributed by atoms with E-state index in [0.717, 1.165) is 22.3 Å². The number of carboxylic acids is 1. The molecule has 0 bridgehead atoms. The monoisotopic (exact) mass is 458 g/mol. The molecule has 0 unspecified atom stereocenters. The number of carbonyl (C=O) groups is 3. The van der Waals surface area contributed by atoms with Crippen LogP contribution in [0.5, 0.6) is 0 Å². The number of hydrogen-bond acceptors (Lipinski definition) is 4. The molecule has 0 saturated carbocycles. The summed E-state index contributed by atoms with van der Waals surface area (Å²) in [6.45, 7) is 3.71. The van der Waals surface area contributed by atoms with E-state index in [2.05, 4.69) is 22.8 Å². The molecule has 1 aliphatic rings. The van der Waals surface area contributed by atoms with Gasteiger partial charge in [-0.1, -0.05) is 74.5 Å². The van der Waals surface area contributed by atoms with Crippen LogP contribution in [0.15, 0.2) is 72.8 Å². The van der Waals surface area contributed by atoms with Gasteiger partial charge in [-0.05, 0) is 40.3 Å². The Morgan fingerprint density at radius 3 is 2.03 bits per heavy atom. The number of para-hydroxylation sites is 1. The van der Waals surface area contributed by atoms with Crippen LogP contribution in [-0.2, 0) is 9.53 Å². The lowest BCUT2D eigenvalue weighted by molar-refractivity contribution is -0.119. The molecule has 7 nitrogen and oxygen atoms in total. The Kier molecular flexibility index (Phi) is 6.63. The van der Waals surface area contributed by atoms with E-state index < -0.39 is 24.0 Å². The molecule has 0 aliphatic heterocycles. The molecule has 7 heteroatoms. The number of hydrogen-bond donors (Lipinski definition) is 3. The third kappa shape index (κ3) is 4.64. The van der Waals surface area contributed by atoms with Gasteiger partial charge < -0.3 is 20.5 Å². The van der Waals surface area contributed by atoms with E-state index in [9.17, 15) is 19.5 Å². The van der Waals surface area contributed by atoms with Crippen molar-refractivity contribution in [3.63, 3.8) is 0 Å². The van der Waals surface area contributed by atoms with Crippen LogP contribution in [0.25, 0.3) is 11.1 Å². The van der Waals surface area contributed by atoms with E-state index in [4.69, 9.17) is 4.74 Å². The lowest BCUT2D eigenvalue weighted by Gasteiger charge is -2.22. The second kappa shape index (κ2) is 9.79. The van der Waals surface area contributed by atoms with Crippen LogP contribution in [-0.4, -0.2) is 35.7 Å². The zero-order chi connectivity index (χ0) is 24.2. The zero-order valence-electron chi connectivity index (χ0n) is 18.9. The maximum atomic E-state index is 12.9. The number of carboxylic acid groups (broad SMARTS) is 1. The van der Waals surface area contributed by atoms with Gasteiger partial charge in [0.2, 0.25) is 5.91 Å². The van der Waals surface area contributed by atoms with E-state index in [1.165, 1.54) is 12.1 Å². The average molecular weight is 459 g/mol. The topological polar surface area (TPSA) is 105 Å². The number of ether oxygens (including phenoxy) is 1. The van der Waals surface area contributed by atoms with Gasteiger partial charge in [-0.25, -0.2) is 9.59 Å². The van der Waals surface area contributed by atoms with Gasteiger partial charge in [0.25, 0.3) is 0 Å². The molecule has 3 N–H and O–H groups in total. The summed E-state index contributed by atoms with van der Waals surface area (Å²) >= 11 is 0. The molecule has 1 atom stereocenters. The molecule has 1 aliphatic carbocycles. The summed E-state index contributed by atoms with van der Waals surface area (Å²) in [6, 6.07) is 21.3. The second-order valence-electron chi connectivity index (χ2n) is 8.53. The van der Waals surface area contributed by atoms with Crippen LogP contribution in [0, 0.1) is 5.92 Å². The smallest absolute Gasteiger partial charge is 0.407 e. The predicted octanol–water partition coefficient (Wildman–Crippen LogP) is 4.89. The summed E-state index contributed by atoms with van der Waals surface area (Å²) in [5, 5.41) is 14.6. The van der Waals surface area contributed by atoms with Crippen LogP contribution in [0.4, 0.5) is 10.5 Å². The number of benzene rings is 3. The van der Waals surface area contributed by atoms with Crippen LogP contribution in [0.3, 0.4) is 0 Å². The largest absolute Gasteiger partial charge is 0.478 e. The fourth-order valence-corrected chi connectivity index (χ4v) is 4.29. The van der Waals surface area contributed by atoms with E-state index in [1.807, 2.05) is 36.4 Å². The number of anilines is 1. The summed E-state index contributed by atoms with van der Waals surface area (Å²) in [4.78, 5) is 37.0. The van der Waals surface area contributed by atoms with Gasteiger partial charge in [0.05, 0.1) is 11.3 Å². The first kappa shape index (κ1) is 23.0. The molecule has 174 valence electrons. The van der Waals surface area contributed by atoms with Crippen molar-refractivity contribution in [1.82, 2.24) is 5.32 Å². The number of carbonyl (C=O) groups excluding carboxylic acids is 2. The van der Waals surface area contributed by atoms with Crippen LogP contribution in [0.2, 0.25) is 0 Å². The van der Waals surface area contributed by atoms with Gasteiger partial charge in [-0.15, -0.1) is 0 Å². The van der Waals surface area contributed by atoms with E-state index in [0.29, 0.717) is 0 Å². The number of amides is 2. The highest BCUT2D eigenvalue weighted by atomic mass is 16.5. The first-order chi connectivity index (χ1) is 16.4. The van der Waals surface area contributed by atoms with Gasteiger partial charge in [-0.3, -0.25) is 4.79 Å². The fourth-order valence-electron chi connectivity index (χ4n) is 4.29. The molecular formula is C27H26N2O5. The average Bonchev–Trinajstić information content (AvgIpc) is 3.15. The summed E-state index contributed by atoms with van der Waals surface area (Å²) in [5.74, 6) is -2.01. The third-order valence-electron chi connectivity index (χ3n) is 5.98. The molecule has 34 heavy (non-hydrogen) atoms. The molecule has 0 heterocycles. The molecule has 4 rings (SSSR count). The Morgan fingerprint density at radius 2 is 1.44 bits per heavy atom. The van der Waals surface area contributed by atoms with Crippen LogP contribution >= 0.6 is 0 Å². The van der Waals surface area contributed by atoms with Crippen molar-refractivity contribution in [2.24, 2.45) is 5.92 Å². The Balaban J connectivity index is 1.43. The van der Waals surface area contributed by atoms with Gasteiger partial charge in [-0.2, -0.15) is 0 Å². The maximum absolute atomic E-state index is 12.9. The minimum atomic E-state index is -1.15. The van der Waals surface area contributed by atoms with Crippen molar-refractivity contribution in [2.75, 3.05) is 11.9 Å². The molecule has 0 radical (unpaired) electrons. The zero-order valence-corrected chi connectivity index (χ0v) is 18.9. The summed E-state index contributed by atoms with van der Waals surface area (Å²) in [5.41, 5.74) is 4.59. The number of nitrogens with one attached hydrogen (secondary N) is 2. The van der Waals surface area contributed by atoms with Gasteiger partial charge in [0.15, 0.2) is 0 Å². The molecule has 0 saturated heterocycles. The van der Waals surface area contributed by atoms with Gasteiger partial charge in [0, 0.05) is 5.92 Å². The minimum absolute atomic E-state index is 0.0282. The normalized spacial score (nSPS) is 13.0. The Bertz CT molecular complexity index is 1190. The van der Waals surface area contributed by atoms with Crippen molar-refractivity contribution in [3.8, 4) is 11.1 Å². The van der Waals surface area contributed by atoms with Crippen molar-refractivity contribution in [1.29, 1.82) is 0 Å². The first-order valence-electron chi connectivity index (χ1n) is 11.1. The fraction of sp³-hybridized carbons (Fsp3) is 0.222. The van der Waals surface area contributed by atoms with Crippen LogP contribution in [0.1, 0.15) is 41.3 Å². The number of alkyl carbamates (subject to hydrolysis) is 1. The highest BCUT2D eigenvalue weighted by molar-refractivity contribution is 6.02. The summed E-state index contributed by atoms with van der Waals surface area (Å²) < 4.78 is 5.56. The van der Waals surface area contributed by atoms with Gasteiger partial charge in [0.1, 0.15) is 12.6 Å². The molecule has 0 aromatic heterocycles. The number of aromatic carboxylic acids is 1. The second-order valence-corrected chi connectivity index (χ2v) is 8.53. The molecular weight excluding hydrogens is 432 g/mol. The van der Waals surface area contributed by atoms with Crippen molar-refractivity contribution in [2.45, 2.75) is 25.8 Å². The molecule has 0 fully saturated rings. The maximum Gasteiger partial charge on any atom is 0.407 e. The predicted molar refractivity (Wildman–Crippen MR) is 129 cm³/mol.